The largest absolute Gasteiger partial charge is 0.497 e. The molecule has 0 spiro atoms. The molecule has 0 aliphatic carbocycles. The number of ether oxygens (including phenoxy) is 2. The minimum absolute atomic E-state index is 0.0173. The predicted octanol–water partition coefficient (Wildman–Crippen LogP) is 4.87. The van der Waals surface area contributed by atoms with Gasteiger partial charge in [0.1, 0.15) is 11.4 Å². The van der Waals surface area contributed by atoms with Crippen molar-refractivity contribution in [1.29, 1.82) is 0 Å². The first-order chi connectivity index (χ1) is 20.5. The fourth-order valence-electron chi connectivity index (χ4n) is 5.63. The minimum atomic E-state index is -0.566. The van der Waals surface area contributed by atoms with E-state index in [0.717, 1.165) is 22.8 Å². The number of nitro groups is 1. The van der Waals surface area contributed by atoms with Crippen LogP contribution >= 0.6 is 0 Å². The molecule has 0 N–H and O–H groups in total. The Labute approximate surface area is 250 Å². The molecule has 228 valence electrons. The fraction of sp³-hybridized carbons (Fsp3) is 0.452. The van der Waals surface area contributed by atoms with Gasteiger partial charge >= 0.3 is 6.09 Å². The van der Waals surface area contributed by atoms with Gasteiger partial charge in [0.05, 0.1) is 35.2 Å². The molecule has 2 aromatic carbocycles. The van der Waals surface area contributed by atoms with Crippen LogP contribution in [0.3, 0.4) is 0 Å². The standard InChI is InChI=1S/C31H38N6O6/c1-31(2,3)43-30(39)35-15-13-22(14-16-35)28-27(21-32-36(28)24-9-11-26(42-4)12-10-24)29(38)34-19-17-33(18-20-34)23-5-7-25(8-6-23)37(40)41/h5-12,21-22H,13-20H2,1-4H3. The number of nitrogens with zero attached hydrogens (tertiary/aromatic N) is 6. The Kier molecular flexibility index (Phi) is 8.56. The summed E-state index contributed by atoms with van der Waals surface area (Å²) in [5.41, 5.74) is 2.61. The highest BCUT2D eigenvalue weighted by atomic mass is 16.6. The number of hydrogen-bond acceptors (Lipinski definition) is 8. The number of non-ortho nitro benzene ring substituents is 1. The zero-order valence-corrected chi connectivity index (χ0v) is 25.1. The Bertz CT molecular complexity index is 1450. The lowest BCUT2D eigenvalue weighted by molar-refractivity contribution is -0.384. The summed E-state index contributed by atoms with van der Waals surface area (Å²) in [7, 11) is 1.62. The number of piperazine rings is 1. The average Bonchev–Trinajstić information content (AvgIpc) is 3.45. The van der Waals surface area contributed by atoms with Crippen molar-refractivity contribution in [2.45, 2.75) is 45.1 Å². The molecule has 0 unspecified atom stereocenters. The molecular weight excluding hydrogens is 552 g/mol. The highest BCUT2D eigenvalue weighted by Gasteiger charge is 2.34. The molecule has 2 aliphatic heterocycles. The molecule has 43 heavy (non-hydrogen) atoms. The van der Waals surface area contributed by atoms with Crippen molar-refractivity contribution >= 4 is 23.4 Å². The van der Waals surface area contributed by atoms with Gasteiger partial charge in [-0.15, -0.1) is 0 Å². The second-order valence-electron chi connectivity index (χ2n) is 11.8. The molecule has 1 aromatic heterocycles. The Morgan fingerprint density at radius 3 is 2.05 bits per heavy atom. The number of carbonyl (C=O) groups excluding carboxylic acids is 2. The fourth-order valence-corrected chi connectivity index (χ4v) is 5.63. The van der Waals surface area contributed by atoms with Crippen LogP contribution in [0.2, 0.25) is 0 Å². The Hall–Kier alpha value is -4.61. The monoisotopic (exact) mass is 590 g/mol. The van der Waals surface area contributed by atoms with Crippen LogP contribution in [0.25, 0.3) is 5.69 Å². The summed E-state index contributed by atoms with van der Waals surface area (Å²) in [6, 6.07) is 14.1. The lowest BCUT2D eigenvalue weighted by atomic mass is 9.90. The van der Waals surface area contributed by atoms with Gasteiger partial charge in [-0.25, -0.2) is 9.48 Å². The van der Waals surface area contributed by atoms with Gasteiger partial charge in [0.25, 0.3) is 11.6 Å². The molecular formula is C31H38N6O6. The number of piperidine rings is 1. The van der Waals surface area contributed by atoms with E-state index in [4.69, 9.17) is 9.47 Å². The van der Waals surface area contributed by atoms with Crippen LogP contribution in [0.1, 0.15) is 55.6 Å². The molecule has 2 amide bonds. The third-order valence-corrected chi connectivity index (χ3v) is 7.88. The number of aromatic nitrogens is 2. The van der Waals surface area contributed by atoms with Crippen LogP contribution < -0.4 is 9.64 Å². The van der Waals surface area contributed by atoms with Crippen molar-refractivity contribution in [2.24, 2.45) is 0 Å². The van der Waals surface area contributed by atoms with Crippen molar-refractivity contribution in [3.8, 4) is 11.4 Å². The number of hydrogen-bond donors (Lipinski definition) is 0. The number of methoxy groups -OCH3 is 1. The topological polar surface area (TPSA) is 123 Å². The van der Waals surface area contributed by atoms with Gasteiger partial charge in [-0.3, -0.25) is 14.9 Å². The first-order valence-electron chi connectivity index (χ1n) is 14.5. The minimum Gasteiger partial charge on any atom is -0.497 e. The lowest BCUT2D eigenvalue weighted by Gasteiger charge is -2.37. The summed E-state index contributed by atoms with van der Waals surface area (Å²) in [6.07, 6.45) is 2.69. The summed E-state index contributed by atoms with van der Waals surface area (Å²) < 4.78 is 12.7. The van der Waals surface area contributed by atoms with E-state index in [1.807, 2.05) is 54.6 Å². The Morgan fingerprint density at radius 2 is 1.49 bits per heavy atom. The molecule has 12 heteroatoms. The van der Waals surface area contributed by atoms with Gasteiger partial charge in [-0.1, -0.05) is 0 Å². The van der Waals surface area contributed by atoms with E-state index in [0.29, 0.717) is 57.7 Å². The molecule has 0 saturated carbocycles. The number of rotatable bonds is 6. The highest BCUT2D eigenvalue weighted by molar-refractivity contribution is 5.95. The Balaban J connectivity index is 1.34. The second-order valence-corrected chi connectivity index (χ2v) is 11.8. The highest BCUT2D eigenvalue weighted by Crippen LogP contribution is 2.34. The summed E-state index contributed by atoms with van der Waals surface area (Å²) >= 11 is 0. The van der Waals surface area contributed by atoms with Crippen molar-refractivity contribution in [2.75, 3.05) is 51.3 Å². The first-order valence-corrected chi connectivity index (χ1v) is 14.5. The summed E-state index contributed by atoms with van der Waals surface area (Å²) in [5.74, 6) is 0.668. The van der Waals surface area contributed by atoms with Crippen LogP contribution in [-0.2, 0) is 4.74 Å². The molecule has 0 bridgehead atoms. The summed E-state index contributed by atoms with van der Waals surface area (Å²) in [6.45, 7) is 8.86. The molecule has 2 saturated heterocycles. The van der Waals surface area contributed by atoms with Gasteiger partial charge in [-0.2, -0.15) is 5.10 Å². The summed E-state index contributed by atoms with van der Waals surface area (Å²) in [5, 5.41) is 15.7. The van der Waals surface area contributed by atoms with E-state index >= 15 is 0 Å². The molecule has 2 fully saturated rings. The quantitative estimate of drug-likeness (QED) is 0.294. The third kappa shape index (κ3) is 6.73. The number of nitro benzene ring substituents is 1. The maximum absolute atomic E-state index is 14.0. The lowest BCUT2D eigenvalue weighted by Crippen LogP contribution is -2.49. The van der Waals surface area contributed by atoms with Crippen molar-refractivity contribution in [1.82, 2.24) is 19.6 Å². The van der Waals surface area contributed by atoms with E-state index in [9.17, 15) is 19.7 Å². The van der Waals surface area contributed by atoms with Gasteiger partial charge in [-0.05, 0) is 70.0 Å². The van der Waals surface area contributed by atoms with E-state index in [2.05, 4.69) is 10.00 Å². The number of likely N-dealkylation sites (tertiary alicyclic amines) is 1. The van der Waals surface area contributed by atoms with Crippen molar-refractivity contribution < 1.29 is 24.0 Å². The molecule has 2 aliphatic rings. The Morgan fingerprint density at radius 1 is 0.884 bits per heavy atom. The number of anilines is 1. The van der Waals surface area contributed by atoms with Crippen LogP contribution in [0.15, 0.2) is 54.7 Å². The zero-order valence-electron chi connectivity index (χ0n) is 25.1. The maximum Gasteiger partial charge on any atom is 0.410 e. The molecule has 3 aromatic rings. The van der Waals surface area contributed by atoms with E-state index < -0.39 is 10.5 Å². The summed E-state index contributed by atoms with van der Waals surface area (Å²) in [4.78, 5) is 43.0. The smallest absolute Gasteiger partial charge is 0.410 e. The zero-order chi connectivity index (χ0) is 30.7. The van der Waals surface area contributed by atoms with Crippen LogP contribution in [0, 0.1) is 10.1 Å². The van der Waals surface area contributed by atoms with Crippen molar-refractivity contribution in [3.63, 3.8) is 0 Å². The molecule has 3 heterocycles. The number of benzene rings is 2. The number of amides is 2. The third-order valence-electron chi connectivity index (χ3n) is 7.88. The SMILES string of the molecule is COc1ccc(-n2ncc(C(=O)N3CCN(c4ccc([N+](=O)[O-])cc4)CC3)c2C2CCN(C(=O)OC(C)(C)C)CC2)cc1. The van der Waals surface area contributed by atoms with E-state index in [1.54, 1.807) is 30.3 Å². The average molecular weight is 591 g/mol. The first kappa shape index (κ1) is 29.9. The van der Waals surface area contributed by atoms with E-state index in [1.165, 1.54) is 12.1 Å². The molecule has 5 rings (SSSR count). The second kappa shape index (κ2) is 12.3. The van der Waals surface area contributed by atoms with Gasteiger partial charge < -0.3 is 24.2 Å². The van der Waals surface area contributed by atoms with Gasteiger partial charge in [0.15, 0.2) is 0 Å². The van der Waals surface area contributed by atoms with Gasteiger partial charge in [0, 0.05) is 63.0 Å². The van der Waals surface area contributed by atoms with Crippen LogP contribution in [0.4, 0.5) is 16.2 Å². The predicted molar refractivity (Wildman–Crippen MR) is 161 cm³/mol. The normalized spacial score (nSPS) is 16.2. The van der Waals surface area contributed by atoms with Crippen LogP contribution in [0.5, 0.6) is 5.75 Å². The number of carbonyl (C=O) groups is 2. The molecule has 0 radical (unpaired) electrons. The van der Waals surface area contributed by atoms with Gasteiger partial charge in [0.2, 0.25) is 0 Å². The maximum atomic E-state index is 14.0. The van der Waals surface area contributed by atoms with Crippen molar-refractivity contribution in [3.05, 3.63) is 76.1 Å². The molecule has 0 atom stereocenters. The van der Waals surface area contributed by atoms with E-state index in [-0.39, 0.29) is 23.6 Å². The van der Waals surface area contributed by atoms with Crippen LogP contribution in [-0.4, -0.2) is 88.5 Å². The molecule has 12 nitrogen and oxygen atoms in total.